The summed E-state index contributed by atoms with van der Waals surface area (Å²) in [4.78, 5) is 15.6. The largest absolute Gasteiger partial charge is 0.353 e. The van der Waals surface area contributed by atoms with Gasteiger partial charge in [-0.1, -0.05) is 17.7 Å². The molecule has 21 heavy (non-hydrogen) atoms. The Kier molecular flexibility index (Phi) is 5.45. The topological polar surface area (TPSA) is 70.7 Å². The lowest BCUT2D eigenvalue weighted by atomic mass is 10.2. The van der Waals surface area contributed by atoms with E-state index >= 15 is 0 Å². The molecule has 0 radical (unpaired) electrons. The zero-order valence-corrected chi connectivity index (χ0v) is 11.9. The fourth-order valence-corrected chi connectivity index (χ4v) is 1.85. The second-order valence-electron chi connectivity index (χ2n) is 4.33. The zero-order valence-electron chi connectivity index (χ0n) is 11.1. The van der Waals surface area contributed by atoms with Gasteiger partial charge in [0.2, 0.25) is 5.91 Å². The second kappa shape index (κ2) is 7.54. The molecule has 1 heterocycles. The number of aromatic nitrogens is 3. The molecule has 2 rings (SSSR count). The number of hydrogen-bond donors (Lipinski definition) is 2. The molecule has 0 bridgehead atoms. The van der Waals surface area contributed by atoms with Gasteiger partial charge >= 0.3 is 0 Å². The van der Waals surface area contributed by atoms with Crippen molar-refractivity contribution < 1.29 is 9.18 Å². The number of carbonyl (C=O) groups excluding carboxylic acids is 1. The fourth-order valence-electron chi connectivity index (χ4n) is 1.67. The molecular weight excluding hydrogens is 295 g/mol. The standard InChI is InChI=1S/C14H14ClFN4O/c15-11-8-10(3-5-12(11)16)4-6-14(21)17-7-1-2-13-18-9-19-20-13/h3-6,8-9H,1-2,7H2,(H,17,21)(H,18,19,20). The number of hydrogen-bond acceptors (Lipinski definition) is 3. The first-order valence-electron chi connectivity index (χ1n) is 6.40. The van der Waals surface area contributed by atoms with E-state index in [2.05, 4.69) is 20.5 Å². The Balaban J connectivity index is 1.73. The smallest absolute Gasteiger partial charge is 0.243 e. The molecule has 1 amide bonds. The van der Waals surface area contributed by atoms with Crippen LogP contribution in [-0.2, 0) is 11.2 Å². The van der Waals surface area contributed by atoms with Crippen LogP contribution < -0.4 is 5.32 Å². The summed E-state index contributed by atoms with van der Waals surface area (Å²) in [5.74, 6) is 0.0967. The highest BCUT2D eigenvalue weighted by atomic mass is 35.5. The SMILES string of the molecule is O=C(C=Cc1ccc(F)c(Cl)c1)NCCCc1ncn[nH]1. The van der Waals surface area contributed by atoms with Crippen LogP contribution >= 0.6 is 11.6 Å². The lowest BCUT2D eigenvalue weighted by molar-refractivity contribution is -0.116. The van der Waals surface area contributed by atoms with E-state index in [4.69, 9.17) is 11.6 Å². The lowest BCUT2D eigenvalue weighted by Crippen LogP contribution is -2.22. The minimum Gasteiger partial charge on any atom is -0.353 e. The Labute approximate surface area is 126 Å². The van der Waals surface area contributed by atoms with Crippen molar-refractivity contribution in [2.45, 2.75) is 12.8 Å². The Morgan fingerprint density at radius 1 is 1.48 bits per heavy atom. The molecule has 110 valence electrons. The summed E-state index contributed by atoms with van der Waals surface area (Å²) in [5.41, 5.74) is 0.665. The van der Waals surface area contributed by atoms with Crippen molar-refractivity contribution in [1.82, 2.24) is 20.5 Å². The average Bonchev–Trinajstić information content (AvgIpc) is 2.98. The van der Waals surface area contributed by atoms with E-state index in [1.807, 2.05) is 0 Å². The van der Waals surface area contributed by atoms with Gasteiger partial charge in [0, 0.05) is 19.0 Å². The number of carbonyl (C=O) groups is 1. The third-order valence-corrected chi connectivity index (χ3v) is 3.01. The van der Waals surface area contributed by atoms with Crippen molar-refractivity contribution in [2.75, 3.05) is 6.54 Å². The number of H-pyrrole nitrogens is 1. The molecule has 0 aliphatic heterocycles. The van der Waals surface area contributed by atoms with E-state index in [1.165, 1.54) is 24.5 Å². The molecule has 0 saturated heterocycles. The summed E-state index contributed by atoms with van der Waals surface area (Å²) < 4.78 is 13.0. The van der Waals surface area contributed by atoms with Gasteiger partial charge in [-0.2, -0.15) is 5.10 Å². The van der Waals surface area contributed by atoms with Crippen LogP contribution in [-0.4, -0.2) is 27.6 Å². The first kappa shape index (κ1) is 15.2. The van der Waals surface area contributed by atoms with Gasteiger partial charge in [0.1, 0.15) is 18.0 Å². The molecule has 0 aliphatic rings. The van der Waals surface area contributed by atoms with Gasteiger partial charge in [0.05, 0.1) is 5.02 Å². The van der Waals surface area contributed by atoms with Crippen LogP contribution in [0.15, 0.2) is 30.6 Å². The van der Waals surface area contributed by atoms with Crippen molar-refractivity contribution >= 4 is 23.6 Å². The summed E-state index contributed by atoms with van der Waals surface area (Å²) >= 11 is 5.66. The molecule has 0 atom stereocenters. The quantitative estimate of drug-likeness (QED) is 0.636. The third kappa shape index (κ3) is 5.00. The molecule has 0 spiro atoms. The average molecular weight is 309 g/mol. The van der Waals surface area contributed by atoms with Crippen LogP contribution in [0, 0.1) is 5.82 Å². The highest BCUT2D eigenvalue weighted by Gasteiger charge is 2.00. The second-order valence-corrected chi connectivity index (χ2v) is 4.74. The Morgan fingerprint density at radius 3 is 3.05 bits per heavy atom. The predicted octanol–water partition coefficient (Wildman–Crippen LogP) is 2.36. The highest BCUT2D eigenvalue weighted by molar-refractivity contribution is 6.30. The van der Waals surface area contributed by atoms with Gasteiger partial charge < -0.3 is 5.32 Å². The molecule has 0 unspecified atom stereocenters. The lowest BCUT2D eigenvalue weighted by Gasteiger charge is -2.01. The molecular formula is C14H14ClFN4O. The molecule has 0 fully saturated rings. The van der Waals surface area contributed by atoms with E-state index in [0.717, 1.165) is 18.7 Å². The Bertz CT molecular complexity index is 628. The molecule has 7 heteroatoms. The number of benzene rings is 1. The van der Waals surface area contributed by atoms with Gasteiger partial charge in [-0.25, -0.2) is 9.37 Å². The number of aromatic amines is 1. The Hall–Kier alpha value is -2.21. The van der Waals surface area contributed by atoms with Crippen molar-refractivity contribution in [2.24, 2.45) is 0 Å². The number of aryl methyl sites for hydroxylation is 1. The summed E-state index contributed by atoms with van der Waals surface area (Å²) in [7, 11) is 0. The molecule has 2 N–H and O–H groups in total. The molecule has 2 aromatic rings. The van der Waals surface area contributed by atoms with Gasteiger partial charge in [0.15, 0.2) is 0 Å². The molecule has 5 nitrogen and oxygen atoms in total. The van der Waals surface area contributed by atoms with Crippen molar-refractivity contribution in [3.8, 4) is 0 Å². The van der Waals surface area contributed by atoms with Gasteiger partial charge in [0.25, 0.3) is 0 Å². The van der Waals surface area contributed by atoms with Crippen molar-refractivity contribution in [1.29, 1.82) is 0 Å². The van der Waals surface area contributed by atoms with Crippen molar-refractivity contribution in [3.05, 3.63) is 52.8 Å². The van der Waals surface area contributed by atoms with Crippen LogP contribution in [0.5, 0.6) is 0 Å². The number of halogens is 2. The summed E-state index contributed by atoms with van der Waals surface area (Å²) in [6.07, 6.45) is 5.90. The monoisotopic (exact) mass is 308 g/mol. The number of rotatable bonds is 6. The fraction of sp³-hybridized carbons (Fsp3) is 0.214. The number of nitrogens with one attached hydrogen (secondary N) is 2. The van der Waals surface area contributed by atoms with E-state index in [-0.39, 0.29) is 10.9 Å². The van der Waals surface area contributed by atoms with Crippen LogP contribution in [0.2, 0.25) is 5.02 Å². The highest BCUT2D eigenvalue weighted by Crippen LogP contribution is 2.16. The van der Waals surface area contributed by atoms with Gasteiger partial charge in [-0.3, -0.25) is 9.89 Å². The van der Waals surface area contributed by atoms with Crippen LogP contribution in [0.4, 0.5) is 4.39 Å². The van der Waals surface area contributed by atoms with Crippen molar-refractivity contribution in [3.63, 3.8) is 0 Å². The normalized spacial score (nSPS) is 11.0. The molecule has 0 aliphatic carbocycles. The van der Waals surface area contributed by atoms with Crippen LogP contribution in [0.3, 0.4) is 0 Å². The number of amides is 1. The number of nitrogens with zero attached hydrogens (tertiary/aromatic N) is 2. The first-order valence-corrected chi connectivity index (χ1v) is 6.78. The maximum Gasteiger partial charge on any atom is 0.243 e. The molecule has 1 aromatic carbocycles. The first-order chi connectivity index (χ1) is 10.1. The maximum absolute atomic E-state index is 13.0. The predicted molar refractivity (Wildman–Crippen MR) is 78.2 cm³/mol. The summed E-state index contributed by atoms with van der Waals surface area (Å²) in [5, 5.41) is 9.27. The third-order valence-electron chi connectivity index (χ3n) is 2.73. The van der Waals surface area contributed by atoms with Gasteiger partial charge in [-0.15, -0.1) is 0 Å². The van der Waals surface area contributed by atoms with Gasteiger partial charge in [-0.05, 0) is 30.2 Å². The van der Waals surface area contributed by atoms with E-state index in [1.54, 1.807) is 12.1 Å². The Morgan fingerprint density at radius 2 is 2.33 bits per heavy atom. The van der Waals surface area contributed by atoms with E-state index in [9.17, 15) is 9.18 Å². The minimum atomic E-state index is -0.481. The van der Waals surface area contributed by atoms with E-state index in [0.29, 0.717) is 12.1 Å². The minimum absolute atomic E-state index is 0.0321. The molecule has 0 saturated carbocycles. The van der Waals surface area contributed by atoms with Crippen LogP contribution in [0.1, 0.15) is 17.8 Å². The maximum atomic E-state index is 13.0. The van der Waals surface area contributed by atoms with E-state index < -0.39 is 5.82 Å². The summed E-state index contributed by atoms with van der Waals surface area (Å²) in [6.45, 7) is 0.536. The summed E-state index contributed by atoms with van der Waals surface area (Å²) in [6, 6.07) is 4.27. The zero-order chi connectivity index (χ0) is 15.1. The molecule has 1 aromatic heterocycles. The van der Waals surface area contributed by atoms with Crippen LogP contribution in [0.25, 0.3) is 6.08 Å².